The number of nitrogens with zero attached hydrogens (tertiary/aromatic N) is 2. The van der Waals surface area contributed by atoms with E-state index in [0.29, 0.717) is 12.2 Å². The molecule has 0 spiro atoms. The van der Waals surface area contributed by atoms with Crippen molar-refractivity contribution in [2.24, 2.45) is 0 Å². The largest absolute Gasteiger partial charge is 0.370 e. The second-order valence-corrected chi connectivity index (χ2v) is 7.28. The number of aryl methyl sites for hydroxylation is 2. The van der Waals surface area contributed by atoms with Crippen molar-refractivity contribution in [3.63, 3.8) is 0 Å². The molecule has 140 valence electrons. The first kappa shape index (κ1) is 17.6. The Morgan fingerprint density at radius 1 is 1.00 bits per heavy atom. The van der Waals surface area contributed by atoms with Crippen LogP contribution in [0.2, 0.25) is 0 Å². The van der Waals surface area contributed by atoms with E-state index in [-0.39, 0.29) is 11.7 Å². The number of fused-ring (bicyclic) bond motifs is 1. The standard InChI is InChI=1S/C22H24FN3O/c1-15-4-9-20-19(14-15)16(2)21(24-20)22(27)26-11-3-10-25(12-13-26)18-7-5-17(23)6-8-18/h4-9,14,24H,3,10-13H2,1-2H3. The number of H-pyrrole nitrogens is 1. The maximum absolute atomic E-state index is 13.2. The first-order valence-corrected chi connectivity index (χ1v) is 9.41. The number of benzene rings is 2. The van der Waals surface area contributed by atoms with Gasteiger partial charge in [-0.15, -0.1) is 0 Å². The zero-order valence-electron chi connectivity index (χ0n) is 15.8. The van der Waals surface area contributed by atoms with Crippen LogP contribution in [0.5, 0.6) is 0 Å². The number of aromatic amines is 1. The predicted molar refractivity (Wildman–Crippen MR) is 107 cm³/mol. The van der Waals surface area contributed by atoms with Gasteiger partial charge in [0, 0.05) is 42.8 Å². The van der Waals surface area contributed by atoms with E-state index in [1.165, 1.54) is 17.7 Å². The number of hydrogen-bond acceptors (Lipinski definition) is 2. The van der Waals surface area contributed by atoms with Gasteiger partial charge in [0.25, 0.3) is 5.91 Å². The van der Waals surface area contributed by atoms with Gasteiger partial charge in [0.15, 0.2) is 0 Å². The van der Waals surface area contributed by atoms with Gasteiger partial charge in [0.2, 0.25) is 0 Å². The number of anilines is 1. The fourth-order valence-electron chi connectivity index (χ4n) is 3.84. The van der Waals surface area contributed by atoms with Crippen LogP contribution in [0.15, 0.2) is 42.5 Å². The van der Waals surface area contributed by atoms with Crippen LogP contribution in [-0.2, 0) is 0 Å². The molecule has 0 unspecified atom stereocenters. The molecule has 1 fully saturated rings. The molecule has 1 aliphatic rings. The van der Waals surface area contributed by atoms with E-state index in [1.807, 2.05) is 17.9 Å². The third-order valence-electron chi connectivity index (χ3n) is 5.40. The van der Waals surface area contributed by atoms with Crippen LogP contribution in [0.4, 0.5) is 10.1 Å². The van der Waals surface area contributed by atoms with Crippen molar-refractivity contribution in [1.82, 2.24) is 9.88 Å². The second-order valence-electron chi connectivity index (χ2n) is 7.28. The summed E-state index contributed by atoms with van der Waals surface area (Å²) in [5.74, 6) is -0.169. The lowest BCUT2D eigenvalue weighted by atomic mass is 10.1. The van der Waals surface area contributed by atoms with Gasteiger partial charge in [-0.2, -0.15) is 0 Å². The molecular formula is C22H24FN3O. The molecule has 0 radical (unpaired) electrons. The lowest BCUT2D eigenvalue weighted by Gasteiger charge is -2.23. The summed E-state index contributed by atoms with van der Waals surface area (Å²) in [4.78, 5) is 20.6. The van der Waals surface area contributed by atoms with E-state index in [1.54, 1.807) is 12.1 Å². The van der Waals surface area contributed by atoms with Crippen molar-refractivity contribution in [2.75, 3.05) is 31.1 Å². The maximum Gasteiger partial charge on any atom is 0.270 e. The number of aromatic nitrogens is 1. The van der Waals surface area contributed by atoms with Gasteiger partial charge < -0.3 is 14.8 Å². The Bertz CT molecular complexity index is 977. The number of amides is 1. The average Bonchev–Trinajstić information content (AvgIpc) is 2.84. The highest BCUT2D eigenvalue weighted by Crippen LogP contribution is 2.25. The summed E-state index contributed by atoms with van der Waals surface area (Å²) in [5.41, 5.74) is 4.89. The molecule has 3 aromatic rings. The molecule has 1 aromatic heterocycles. The quantitative estimate of drug-likeness (QED) is 0.736. The van der Waals surface area contributed by atoms with E-state index in [0.717, 1.165) is 48.2 Å². The van der Waals surface area contributed by atoms with Gasteiger partial charge in [0.05, 0.1) is 0 Å². The molecule has 2 aromatic carbocycles. The monoisotopic (exact) mass is 365 g/mol. The SMILES string of the molecule is Cc1ccc2[nH]c(C(=O)N3CCCN(c4ccc(F)cc4)CC3)c(C)c2c1. The minimum Gasteiger partial charge on any atom is -0.370 e. The van der Waals surface area contributed by atoms with Crippen molar-refractivity contribution in [2.45, 2.75) is 20.3 Å². The maximum atomic E-state index is 13.2. The van der Waals surface area contributed by atoms with Gasteiger partial charge in [-0.3, -0.25) is 4.79 Å². The Balaban J connectivity index is 1.53. The van der Waals surface area contributed by atoms with Gasteiger partial charge in [-0.1, -0.05) is 11.6 Å². The summed E-state index contributed by atoms with van der Waals surface area (Å²) in [7, 11) is 0. The number of carbonyl (C=O) groups is 1. The van der Waals surface area contributed by atoms with Crippen molar-refractivity contribution < 1.29 is 9.18 Å². The zero-order chi connectivity index (χ0) is 19.0. The summed E-state index contributed by atoms with van der Waals surface area (Å²) in [5, 5.41) is 1.11. The third kappa shape index (κ3) is 3.42. The van der Waals surface area contributed by atoms with Crippen LogP contribution in [0.25, 0.3) is 10.9 Å². The Morgan fingerprint density at radius 3 is 2.56 bits per heavy atom. The molecule has 1 N–H and O–H groups in total. The molecule has 1 saturated heterocycles. The molecule has 1 amide bonds. The van der Waals surface area contributed by atoms with Crippen molar-refractivity contribution >= 4 is 22.5 Å². The highest BCUT2D eigenvalue weighted by Gasteiger charge is 2.23. The Morgan fingerprint density at radius 2 is 1.78 bits per heavy atom. The fourth-order valence-corrected chi connectivity index (χ4v) is 3.84. The Hall–Kier alpha value is -2.82. The van der Waals surface area contributed by atoms with E-state index in [4.69, 9.17) is 0 Å². The van der Waals surface area contributed by atoms with Gasteiger partial charge in [0.1, 0.15) is 11.5 Å². The van der Waals surface area contributed by atoms with E-state index < -0.39 is 0 Å². The molecular weight excluding hydrogens is 341 g/mol. The molecule has 4 nitrogen and oxygen atoms in total. The summed E-state index contributed by atoms with van der Waals surface area (Å²) in [6, 6.07) is 12.8. The lowest BCUT2D eigenvalue weighted by Crippen LogP contribution is -2.35. The number of halogens is 1. The third-order valence-corrected chi connectivity index (χ3v) is 5.40. The number of nitrogens with one attached hydrogen (secondary N) is 1. The average molecular weight is 365 g/mol. The highest BCUT2D eigenvalue weighted by atomic mass is 19.1. The van der Waals surface area contributed by atoms with E-state index >= 15 is 0 Å². The number of carbonyl (C=O) groups excluding carboxylic acids is 1. The van der Waals surface area contributed by atoms with Crippen molar-refractivity contribution in [3.05, 3.63) is 65.1 Å². The van der Waals surface area contributed by atoms with Crippen LogP contribution >= 0.6 is 0 Å². The molecule has 27 heavy (non-hydrogen) atoms. The molecule has 5 heteroatoms. The van der Waals surface area contributed by atoms with Gasteiger partial charge >= 0.3 is 0 Å². The van der Waals surface area contributed by atoms with E-state index in [2.05, 4.69) is 28.9 Å². The molecule has 0 aliphatic carbocycles. The first-order valence-electron chi connectivity index (χ1n) is 9.41. The molecule has 0 atom stereocenters. The van der Waals surface area contributed by atoms with Crippen LogP contribution in [0.1, 0.15) is 28.0 Å². The molecule has 4 rings (SSSR count). The number of rotatable bonds is 2. The van der Waals surface area contributed by atoms with Gasteiger partial charge in [-0.25, -0.2) is 4.39 Å². The second kappa shape index (κ2) is 7.06. The Labute approximate surface area is 158 Å². The topological polar surface area (TPSA) is 39.3 Å². The van der Waals surface area contributed by atoms with Crippen LogP contribution in [0, 0.1) is 19.7 Å². The molecule has 0 bridgehead atoms. The summed E-state index contributed by atoms with van der Waals surface area (Å²) >= 11 is 0. The molecule has 2 heterocycles. The van der Waals surface area contributed by atoms with E-state index in [9.17, 15) is 9.18 Å². The van der Waals surface area contributed by atoms with Crippen molar-refractivity contribution in [3.8, 4) is 0 Å². The van der Waals surface area contributed by atoms with Crippen LogP contribution < -0.4 is 4.90 Å². The fraction of sp³-hybridized carbons (Fsp3) is 0.318. The Kier molecular flexibility index (Phi) is 4.60. The molecule has 0 saturated carbocycles. The minimum atomic E-state index is -0.227. The predicted octanol–water partition coefficient (Wildman–Crippen LogP) is 4.28. The normalized spacial score (nSPS) is 15.2. The van der Waals surface area contributed by atoms with Crippen molar-refractivity contribution in [1.29, 1.82) is 0 Å². The first-order chi connectivity index (χ1) is 13.0. The summed E-state index contributed by atoms with van der Waals surface area (Å²) < 4.78 is 13.2. The van der Waals surface area contributed by atoms with Gasteiger partial charge in [-0.05, 0) is 62.2 Å². The van der Waals surface area contributed by atoms with Crippen LogP contribution in [0.3, 0.4) is 0 Å². The minimum absolute atomic E-state index is 0.0577. The zero-order valence-corrected chi connectivity index (χ0v) is 15.8. The van der Waals surface area contributed by atoms with Crippen LogP contribution in [-0.4, -0.2) is 42.0 Å². The lowest BCUT2D eigenvalue weighted by molar-refractivity contribution is 0.0761. The summed E-state index contributed by atoms with van der Waals surface area (Å²) in [6.45, 7) is 7.06. The molecule has 1 aliphatic heterocycles. The highest BCUT2D eigenvalue weighted by molar-refractivity contribution is 6.01. The summed E-state index contributed by atoms with van der Waals surface area (Å²) in [6.07, 6.45) is 0.890. The number of hydrogen-bond donors (Lipinski definition) is 1. The smallest absolute Gasteiger partial charge is 0.270 e.